The molecule has 3 heteroatoms. The maximum atomic E-state index is 11.2. The van der Waals surface area contributed by atoms with Crippen LogP contribution in [0.1, 0.15) is 23.1 Å². The lowest BCUT2D eigenvalue weighted by Crippen LogP contribution is -2.22. The lowest BCUT2D eigenvalue weighted by Gasteiger charge is -2.06. The van der Waals surface area contributed by atoms with Gasteiger partial charge in [0.15, 0.2) is 0 Å². The van der Waals surface area contributed by atoms with Crippen molar-refractivity contribution in [3.63, 3.8) is 0 Å². The number of aryl methyl sites for hydroxylation is 3. The first-order chi connectivity index (χ1) is 7.13. The number of nitrogens with one attached hydrogen (secondary N) is 1. The van der Waals surface area contributed by atoms with Gasteiger partial charge in [-0.1, -0.05) is 23.8 Å². The van der Waals surface area contributed by atoms with Gasteiger partial charge in [0.05, 0.1) is 7.11 Å². The van der Waals surface area contributed by atoms with Gasteiger partial charge < -0.3 is 0 Å². The van der Waals surface area contributed by atoms with Crippen LogP contribution >= 0.6 is 0 Å². The summed E-state index contributed by atoms with van der Waals surface area (Å²) in [7, 11) is 1.44. The fourth-order valence-corrected chi connectivity index (χ4v) is 1.54. The van der Waals surface area contributed by atoms with E-state index in [9.17, 15) is 4.79 Å². The molecule has 15 heavy (non-hydrogen) atoms. The zero-order valence-corrected chi connectivity index (χ0v) is 9.46. The molecule has 1 aromatic carbocycles. The Morgan fingerprint density at radius 1 is 1.40 bits per heavy atom. The number of hydroxylamine groups is 1. The van der Waals surface area contributed by atoms with Crippen molar-refractivity contribution in [1.29, 1.82) is 0 Å². The van der Waals surface area contributed by atoms with Gasteiger partial charge in [0.2, 0.25) is 5.91 Å². The molecule has 0 saturated heterocycles. The third-order valence-electron chi connectivity index (χ3n) is 2.34. The van der Waals surface area contributed by atoms with E-state index in [-0.39, 0.29) is 5.91 Å². The number of rotatable bonds is 4. The van der Waals surface area contributed by atoms with Crippen LogP contribution in [-0.4, -0.2) is 13.0 Å². The van der Waals surface area contributed by atoms with Crippen molar-refractivity contribution in [2.24, 2.45) is 0 Å². The van der Waals surface area contributed by atoms with Gasteiger partial charge in [0.25, 0.3) is 0 Å². The number of amides is 1. The molecule has 1 aromatic rings. The zero-order chi connectivity index (χ0) is 11.3. The molecule has 0 aliphatic rings. The molecule has 0 aromatic heterocycles. The monoisotopic (exact) mass is 207 g/mol. The molecular formula is C12H17NO2. The lowest BCUT2D eigenvalue weighted by atomic mass is 10.0. The number of hydrogen-bond donors (Lipinski definition) is 1. The van der Waals surface area contributed by atoms with Gasteiger partial charge in [-0.2, -0.15) is 0 Å². The standard InChI is InChI=1S/C12H17NO2/c1-9-4-5-11(10(2)8-9)6-7-12(14)13-15-3/h4-5,8H,6-7H2,1-3H3,(H,13,14). The number of carbonyl (C=O) groups is 1. The van der Waals surface area contributed by atoms with Gasteiger partial charge in [-0.15, -0.1) is 0 Å². The minimum atomic E-state index is -0.0857. The van der Waals surface area contributed by atoms with E-state index in [4.69, 9.17) is 0 Å². The number of carbonyl (C=O) groups excluding carboxylic acids is 1. The Kier molecular flexibility index (Phi) is 4.31. The minimum Gasteiger partial charge on any atom is -0.277 e. The molecule has 1 rings (SSSR count). The Morgan fingerprint density at radius 3 is 2.73 bits per heavy atom. The van der Waals surface area contributed by atoms with Crippen LogP contribution in [0.15, 0.2) is 18.2 Å². The summed E-state index contributed by atoms with van der Waals surface area (Å²) >= 11 is 0. The first-order valence-corrected chi connectivity index (χ1v) is 5.01. The van der Waals surface area contributed by atoms with Crippen molar-refractivity contribution in [2.45, 2.75) is 26.7 Å². The first kappa shape index (κ1) is 11.7. The van der Waals surface area contributed by atoms with Gasteiger partial charge in [-0.3, -0.25) is 9.63 Å². The second kappa shape index (κ2) is 5.51. The fourth-order valence-electron chi connectivity index (χ4n) is 1.54. The normalized spacial score (nSPS) is 10.1. The van der Waals surface area contributed by atoms with Crippen LogP contribution in [0, 0.1) is 13.8 Å². The molecule has 0 saturated carbocycles. The van der Waals surface area contributed by atoms with Crippen molar-refractivity contribution in [3.05, 3.63) is 34.9 Å². The van der Waals surface area contributed by atoms with E-state index >= 15 is 0 Å². The maximum Gasteiger partial charge on any atom is 0.243 e. The second-order valence-corrected chi connectivity index (χ2v) is 3.66. The summed E-state index contributed by atoms with van der Waals surface area (Å²) < 4.78 is 0. The van der Waals surface area contributed by atoms with E-state index in [2.05, 4.69) is 42.4 Å². The van der Waals surface area contributed by atoms with E-state index in [0.717, 1.165) is 6.42 Å². The van der Waals surface area contributed by atoms with Gasteiger partial charge in [0.1, 0.15) is 0 Å². The topological polar surface area (TPSA) is 38.3 Å². The maximum absolute atomic E-state index is 11.2. The highest BCUT2D eigenvalue weighted by atomic mass is 16.6. The van der Waals surface area contributed by atoms with Crippen LogP contribution in [0.2, 0.25) is 0 Å². The summed E-state index contributed by atoms with van der Waals surface area (Å²) in [6.45, 7) is 4.13. The van der Waals surface area contributed by atoms with Gasteiger partial charge >= 0.3 is 0 Å². The predicted octanol–water partition coefficient (Wildman–Crippen LogP) is 1.91. The molecule has 0 atom stereocenters. The Hall–Kier alpha value is -1.35. The van der Waals surface area contributed by atoms with E-state index in [1.807, 2.05) is 0 Å². The molecule has 0 heterocycles. The smallest absolute Gasteiger partial charge is 0.243 e. The summed E-state index contributed by atoms with van der Waals surface area (Å²) in [5, 5.41) is 0. The SMILES string of the molecule is CONC(=O)CCc1ccc(C)cc1C. The lowest BCUT2D eigenvalue weighted by molar-refractivity contribution is -0.131. The highest BCUT2D eigenvalue weighted by Gasteiger charge is 2.03. The molecule has 1 N–H and O–H groups in total. The summed E-state index contributed by atoms with van der Waals surface area (Å²) in [5.41, 5.74) is 6.01. The molecule has 0 aliphatic carbocycles. The Bertz CT molecular complexity index is 347. The van der Waals surface area contributed by atoms with Crippen LogP contribution in [0.4, 0.5) is 0 Å². The summed E-state index contributed by atoms with van der Waals surface area (Å²) in [6.07, 6.45) is 1.21. The third-order valence-corrected chi connectivity index (χ3v) is 2.34. The van der Waals surface area contributed by atoms with Crippen molar-refractivity contribution in [2.75, 3.05) is 7.11 Å². The first-order valence-electron chi connectivity index (χ1n) is 5.01. The predicted molar refractivity (Wildman–Crippen MR) is 59.4 cm³/mol. The van der Waals surface area contributed by atoms with Crippen LogP contribution < -0.4 is 5.48 Å². The Morgan fingerprint density at radius 2 is 2.13 bits per heavy atom. The zero-order valence-electron chi connectivity index (χ0n) is 9.46. The van der Waals surface area contributed by atoms with Crippen molar-refractivity contribution < 1.29 is 9.63 Å². The average molecular weight is 207 g/mol. The summed E-state index contributed by atoms with van der Waals surface area (Å²) in [4.78, 5) is 15.7. The van der Waals surface area contributed by atoms with E-state index in [1.54, 1.807) is 0 Å². The molecular weight excluding hydrogens is 190 g/mol. The van der Waals surface area contributed by atoms with Gasteiger partial charge in [-0.25, -0.2) is 5.48 Å². The molecule has 0 unspecified atom stereocenters. The highest BCUT2D eigenvalue weighted by Crippen LogP contribution is 2.12. The summed E-state index contributed by atoms with van der Waals surface area (Å²) in [5.74, 6) is -0.0857. The minimum absolute atomic E-state index is 0.0857. The number of benzene rings is 1. The van der Waals surface area contributed by atoms with Crippen molar-refractivity contribution in [3.8, 4) is 0 Å². The molecule has 82 valence electrons. The van der Waals surface area contributed by atoms with E-state index in [0.29, 0.717) is 6.42 Å². The second-order valence-electron chi connectivity index (χ2n) is 3.66. The average Bonchev–Trinajstić information content (AvgIpc) is 2.17. The molecule has 0 fully saturated rings. The van der Waals surface area contributed by atoms with Crippen LogP contribution in [0.25, 0.3) is 0 Å². The quantitative estimate of drug-likeness (QED) is 0.766. The van der Waals surface area contributed by atoms with Gasteiger partial charge in [0, 0.05) is 6.42 Å². The highest BCUT2D eigenvalue weighted by molar-refractivity contribution is 5.75. The van der Waals surface area contributed by atoms with E-state index < -0.39 is 0 Å². The largest absolute Gasteiger partial charge is 0.277 e. The molecule has 3 nitrogen and oxygen atoms in total. The summed E-state index contributed by atoms with van der Waals surface area (Å²) in [6, 6.07) is 6.27. The molecule has 1 amide bonds. The molecule has 0 radical (unpaired) electrons. The molecule has 0 bridgehead atoms. The van der Waals surface area contributed by atoms with Crippen LogP contribution in [0.5, 0.6) is 0 Å². The Balaban J connectivity index is 2.54. The molecule has 0 aliphatic heterocycles. The molecule has 0 spiro atoms. The van der Waals surface area contributed by atoms with Crippen molar-refractivity contribution in [1.82, 2.24) is 5.48 Å². The fraction of sp³-hybridized carbons (Fsp3) is 0.417. The third kappa shape index (κ3) is 3.72. The van der Waals surface area contributed by atoms with Crippen LogP contribution in [0.3, 0.4) is 0 Å². The van der Waals surface area contributed by atoms with Gasteiger partial charge in [-0.05, 0) is 31.4 Å². The Labute approximate surface area is 90.4 Å². The number of hydrogen-bond acceptors (Lipinski definition) is 2. The van der Waals surface area contributed by atoms with Crippen LogP contribution in [-0.2, 0) is 16.1 Å². The van der Waals surface area contributed by atoms with E-state index in [1.165, 1.54) is 23.8 Å². The van der Waals surface area contributed by atoms with Crippen molar-refractivity contribution >= 4 is 5.91 Å².